The lowest BCUT2D eigenvalue weighted by Crippen LogP contribution is -2.57. The molecule has 2 aromatic carbocycles. The van der Waals surface area contributed by atoms with Crippen LogP contribution in [0.15, 0.2) is 79.9 Å². The van der Waals surface area contributed by atoms with Crippen molar-refractivity contribution in [3.05, 3.63) is 90.5 Å². The first kappa shape index (κ1) is 29.0. The molecular formula is C32H36ClN3O5. The van der Waals surface area contributed by atoms with Crippen molar-refractivity contribution < 1.29 is 24.2 Å². The molecular weight excluding hydrogens is 542 g/mol. The summed E-state index contributed by atoms with van der Waals surface area (Å²) in [5.41, 5.74) is -1.03. The Morgan fingerprint density at radius 3 is 2.39 bits per heavy atom. The number of aliphatic hydroxyl groups excluding tert-OH is 1. The van der Waals surface area contributed by atoms with E-state index in [1.807, 2.05) is 37.3 Å². The molecule has 2 bridgehead atoms. The van der Waals surface area contributed by atoms with Crippen molar-refractivity contribution in [3.8, 4) is 0 Å². The molecule has 0 radical (unpaired) electrons. The monoisotopic (exact) mass is 577 g/mol. The minimum absolute atomic E-state index is 0.138. The Morgan fingerprint density at radius 2 is 1.76 bits per heavy atom. The van der Waals surface area contributed by atoms with Gasteiger partial charge in [-0.2, -0.15) is 0 Å². The molecule has 2 unspecified atom stereocenters. The third-order valence-electron chi connectivity index (χ3n) is 8.91. The van der Waals surface area contributed by atoms with Crippen LogP contribution in [0.5, 0.6) is 0 Å². The third kappa shape index (κ3) is 4.49. The van der Waals surface area contributed by atoms with Crippen LogP contribution in [0, 0.1) is 11.8 Å². The fraction of sp³-hybridized carbons (Fsp3) is 0.406. The average molecular weight is 578 g/mol. The van der Waals surface area contributed by atoms with Gasteiger partial charge in [-0.25, -0.2) is 0 Å². The zero-order valence-electron chi connectivity index (χ0n) is 23.4. The van der Waals surface area contributed by atoms with Gasteiger partial charge in [-0.3, -0.25) is 14.4 Å². The summed E-state index contributed by atoms with van der Waals surface area (Å²) >= 11 is 6.56. The molecule has 41 heavy (non-hydrogen) atoms. The van der Waals surface area contributed by atoms with Crippen molar-refractivity contribution >= 4 is 35.0 Å². The van der Waals surface area contributed by atoms with Gasteiger partial charge in [0.1, 0.15) is 11.6 Å². The molecule has 3 aliphatic rings. The number of hydrogen-bond acceptors (Lipinski definition) is 5. The second-order valence-electron chi connectivity index (χ2n) is 11.3. The zero-order valence-corrected chi connectivity index (χ0v) is 24.2. The summed E-state index contributed by atoms with van der Waals surface area (Å²) in [6.07, 6.45) is 4.16. The Bertz CT molecular complexity index is 1370. The van der Waals surface area contributed by atoms with Crippen molar-refractivity contribution in [2.24, 2.45) is 11.8 Å². The maximum Gasteiger partial charge on any atom is 0.253 e. The summed E-state index contributed by atoms with van der Waals surface area (Å²) in [5.74, 6) is -2.70. The topological polar surface area (TPSA) is 90.4 Å². The molecule has 216 valence electrons. The van der Waals surface area contributed by atoms with Crippen LogP contribution in [-0.2, 0) is 19.1 Å². The van der Waals surface area contributed by atoms with Crippen LogP contribution >= 0.6 is 11.6 Å². The molecule has 0 aromatic heterocycles. The highest BCUT2D eigenvalue weighted by atomic mass is 35.5. The quantitative estimate of drug-likeness (QED) is 0.431. The van der Waals surface area contributed by atoms with Gasteiger partial charge in [-0.15, -0.1) is 13.2 Å². The summed E-state index contributed by atoms with van der Waals surface area (Å²) in [4.78, 5) is 47.8. The molecule has 1 N–H and O–H groups in total. The van der Waals surface area contributed by atoms with E-state index in [-0.39, 0.29) is 18.4 Å². The number of rotatable bonds is 10. The molecule has 3 amide bonds. The molecule has 3 saturated heterocycles. The molecule has 3 heterocycles. The van der Waals surface area contributed by atoms with Gasteiger partial charge in [0.2, 0.25) is 11.8 Å². The fourth-order valence-corrected chi connectivity index (χ4v) is 7.40. The van der Waals surface area contributed by atoms with Crippen molar-refractivity contribution in [2.45, 2.75) is 43.1 Å². The van der Waals surface area contributed by atoms with E-state index in [9.17, 15) is 19.5 Å². The first-order valence-corrected chi connectivity index (χ1v) is 14.2. The smallest absolute Gasteiger partial charge is 0.253 e. The number of ether oxygens (including phenoxy) is 1. The summed E-state index contributed by atoms with van der Waals surface area (Å²) in [5, 5.41) is 11.1. The lowest BCUT2D eigenvalue weighted by atomic mass is 9.66. The Morgan fingerprint density at radius 1 is 1.10 bits per heavy atom. The number of likely N-dealkylation sites (N-methyl/N-ethyl adjacent to an activating group) is 1. The molecule has 3 aliphatic heterocycles. The van der Waals surface area contributed by atoms with E-state index in [0.717, 1.165) is 0 Å². The van der Waals surface area contributed by atoms with Gasteiger partial charge in [-0.1, -0.05) is 66.2 Å². The van der Waals surface area contributed by atoms with E-state index in [1.165, 1.54) is 9.80 Å². The number of aliphatic hydroxyl groups is 1. The average Bonchev–Trinajstić information content (AvgIpc) is 3.53. The van der Waals surface area contributed by atoms with E-state index < -0.39 is 47.6 Å². The SMILES string of the molecule is C=CCN(C)C(=O)[C@@H]1[C@H]2C(=O)N([C@H](CO)c3ccccc3)C(C(=O)N(CC=C)c3ccccc3Cl)C23CC[C@@]1(C)O3. The van der Waals surface area contributed by atoms with Gasteiger partial charge in [0.15, 0.2) is 0 Å². The number of fused-ring (bicyclic) bond motifs is 1. The Hall–Kier alpha value is -3.46. The van der Waals surface area contributed by atoms with Crippen LogP contribution < -0.4 is 4.90 Å². The van der Waals surface area contributed by atoms with Crippen LogP contribution in [0.3, 0.4) is 0 Å². The number of anilines is 1. The third-order valence-corrected chi connectivity index (χ3v) is 9.23. The molecule has 5 rings (SSSR count). The highest BCUT2D eigenvalue weighted by Crippen LogP contribution is 2.64. The maximum atomic E-state index is 14.8. The number of hydrogen-bond donors (Lipinski definition) is 1. The van der Waals surface area contributed by atoms with E-state index in [1.54, 1.807) is 48.4 Å². The molecule has 0 saturated carbocycles. The van der Waals surface area contributed by atoms with Crippen LogP contribution in [0.4, 0.5) is 5.69 Å². The van der Waals surface area contributed by atoms with Gasteiger partial charge in [0, 0.05) is 20.1 Å². The molecule has 9 heteroatoms. The molecule has 3 fully saturated rings. The number of para-hydroxylation sites is 1. The number of benzene rings is 2. The molecule has 8 nitrogen and oxygen atoms in total. The van der Waals surface area contributed by atoms with Gasteiger partial charge < -0.3 is 24.5 Å². The first-order chi connectivity index (χ1) is 19.6. The summed E-state index contributed by atoms with van der Waals surface area (Å²) in [6.45, 7) is 9.49. The highest BCUT2D eigenvalue weighted by molar-refractivity contribution is 6.34. The number of amides is 3. The van der Waals surface area contributed by atoms with E-state index in [4.69, 9.17) is 16.3 Å². The normalized spacial score (nSPS) is 28.7. The molecule has 0 aliphatic carbocycles. The van der Waals surface area contributed by atoms with Gasteiger partial charge in [0.05, 0.1) is 40.8 Å². The number of halogens is 1. The molecule has 6 atom stereocenters. The fourth-order valence-electron chi connectivity index (χ4n) is 7.16. The van der Waals surface area contributed by atoms with Crippen LogP contribution in [-0.4, -0.2) is 76.6 Å². The maximum absolute atomic E-state index is 14.8. The van der Waals surface area contributed by atoms with Crippen molar-refractivity contribution in [1.82, 2.24) is 9.80 Å². The Labute approximate surface area is 245 Å². The lowest BCUT2D eigenvalue weighted by molar-refractivity contribution is -0.151. The second kappa shape index (κ2) is 11.1. The highest BCUT2D eigenvalue weighted by Gasteiger charge is 2.79. The van der Waals surface area contributed by atoms with Crippen molar-refractivity contribution in [2.75, 3.05) is 31.6 Å². The summed E-state index contributed by atoms with van der Waals surface area (Å²) in [7, 11) is 1.68. The predicted molar refractivity (Wildman–Crippen MR) is 157 cm³/mol. The van der Waals surface area contributed by atoms with Crippen LogP contribution in [0.2, 0.25) is 5.02 Å². The Balaban J connectivity index is 1.68. The standard InChI is InChI=1S/C32H36ClN3O5/c1-5-18-34(4)28(38)25-26-29(39)36(24(20-37)21-12-8-7-9-13-21)27(32(26)17-16-31(25,3)41-32)30(40)35(19-6-2)23-15-11-10-14-22(23)33/h5-15,24-27,37H,1-2,16-20H2,3-4H3/t24-,25+,26+,27?,31-,32?/m1/s1. The van der Waals surface area contributed by atoms with Crippen molar-refractivity contribution in [1.29, 1.82) is 0 Å². The van der Waals surface area contributed by atoms with Crippen LogP contribution in [0.25, 0.3) is 0 Å². The van der Waals surface area contributed by atoms with E-state index in [2.05, 4.69) is 13.2 Å². The number of nitrogens with zero attached hydrogens (tertiary/aromatic N) is 3. The largest absolute Gasteiger partial charge is 0.394 e. The summed E-state index contributed by atoms with van der Waals surface area (Å²) < 4.78 is 6.77. The number of likely N-dealkylation sites (tertiary alicyclic amines) is 1. The van der Waals surface area contributed by atoms with E-state index >= 15 is 0 Å². The number of carbonyl (C=O) groups is 3. The number of carbonyl (C=O) groups excluding carboxylic acids is 3. The minimum atomic E-state index is -1.26. The summed E-state index contributed by atoms with van der Waals surface area (Å²) in [6, 6.07) is 14.2. The second-order valence-corrected chi connectivity index (χ2v) is 11.7. The minimum Gasteiger partial charge on any atom is -0.394 e. The predicted octanol–water partition coefficient (Wildman–Crippen LogP) is 4.00. The van der Waals surface area contributed by atoms with Crippen LogP contribution in [0.1, 0.15) is 31.4 Å². The first-order valence-electron chi connectivity index (χ1n) is 13.9. The Kier molecular flexibility index (Phi) is 7.85. The van der Waals surface area contributed by atoms with Crippen molar-refractivity contribution in [3.63, 3.8) is 0 Å². The van der Waals surface area contributed by atoms with Gasteiger partial charge >= 0.3 is 0 Å². The molecule has 1 spiro atoms. The molecule has 2 aromatic rings. The van der Waals surface area contributed by atoms with E-state index in [0.29, 0.717) is 35.7 Å². The van der Waals surface area contributed by atoms with Gasteiger partial charge in [0.25, 0.3) is 5.91 Å². The van der Waals surface area contributed by atoms with Gasteiger partial charge in [-0.05, 0) is 37.5 Å². The zero-order chi connectivity index (χ0) is 29.5. The lowest BCUT2D eigenvalue weighted by Gasteiger charge is -2.39.